The van der Waals surface area contributed by atoms with E-state index in [0.717, 1.165) is 6.42 Å². The molecule has 3 heteroatoms. The van der Waals surface area contributed by atoms with E-state index >= 15 is 0 Å². The second kappa shape index (κ2) is 6.34. The molecule has 0 saturated carbocycles. The zero-order chi connectivity index (χ0) is 15.6. The summed E-state index contributed by atoms with van der Waals surface area (Å²) in [7, 11) is 0. The molecule has 114 valence electrons. The van der Waals surface area contributed by atoms with Crippen LogP contribution in [0.25, 0.3) is 0 Å². The predicted octanol–water partition coefficient (Wildman–Crippen LogP) is 4.73. The van der Waals surface area contributed by atoms with Gasteiger partial charge in [0.25, 0.3) is 0 Å². The Hall–Kier alpha value is -0.760. The molecule has 1 rings (SSSR count). The van der Waals surface area contributed by atoms with Crippen LogP contribution in [-0.2, 0) is 9.53 Å². The molecule has 0 radical (unpaired) electrons. The van der Waals surface area contributed by atoms with Crippen molar-refractivity contribution in [1.82, 2.24) is 0 Å². The van der Waals surface area contributed by atoms with Gasteiger partial charge >= 0.3 is 5.97 Å². The van der Waals surface area contributed by atoms with Crippen LogP contribution in [0.15, 0.2) is 23.8 Å². The molecule has 0 N–H and O–H groups in total. The number of esters is 1. The molecule has 2 atom stereocenters. The van der Waals surface area contributed by atoms with E-state index in [-0.39, 0.29) is 28.8 Å². The summed E-state index contributed by atoms with van der Waals surface area (Å²) in [5.74, 6) is 0.0557. The Morgan fingerprint density at radius 3 is 2.65 bits per heavy atom. The fourth-order valence-corrected chi connectivity index (χ4v) is 2.42. The van der Waals surface area contributed by atoms with Gasteiger partial charge in [-0.2, -0.15) is 0 Å². The highest BCUT2D eigenvalue weighted by molar-refractivity contribution is 6.26. The number of ether oxygens (including phenoxy) is 1. The van der Waals surface area contributed by atoms with E-state index < -0.39 is 0 Å². The maximum atomic E-state index is 11.3. The van der Waals surface area contributed by atoms with E-state index in [4.69, 9.17) is 16.3 Å². The first-order chi connectivity index (χ1) is 9.11. The standard InChI is InChI=1S/C17H27ClO2/c1-12-7-8-14(17(12,5)6)9-10-16(3,4)13(2)20-15(19)11-18/h7,9-10,13-14H,8,11H2,1-6H3/b10-9+/t13-,14-/m0/s1. The fraction of sp³-hybridized carbons (Fsp3) is 0.706. The molecule has 1 aliphatic rings. The smallest absolute Gasteiger partial charge is 0.321 e. The molecule has 0 spiro atoms. The number of rotatable bonds is 5. The zero-order valence-corrected chi connectivity index (χ0v) is 14.3. The minimum Gasteiger partial charge on any atom is -0.461 e. The minimum absolute atomic E-state index is 0.0943. The maximum Gasteiger partial charge on any atom is 0.321 e. The van der Waals surface area contributed by atoms with Crippen molar-refractivity contribution in [2.24, 2.45) is 16.7 Å². The van der Waals surface area contributed by atoms with E-state index in [1.54, 1.807) is 0 Å². The third-order valence-corrected chi connectivity index (χ3v) is 5.06. The van der Waals surface area contributed by atoms with E-state index in [9.17, 15) is 4.79 Å². The van der Waals surface area contributed by atoms with Crippen LogP contribution in [0.1, 0.15) is 48.0 Å². The summed E-state index contributed by atoms with van der Waals surface area (Å²) in [6, 6.07) is 0. The van der Waals surface area contributed by atoms with Crippen LogP contribution in [0.4, 0.5) is 0 Å². The van der Waals surface area contributed by atoms with Crippen molar-refractivity contribution in [3.63, 3.8) is 0 Å². The predicted molar refractivity (Wildman–Crippen MR) is 84.8 cm³/mol. The van der Waals surface area contributed by atoms with Crippen LogP contribution in [-0.4, -0.2) is 18.0 Å². The molecule has 0 heterocycles. The summed E-state index contributed by atoms with van der Waals surface area (Å²) in [5, 5.41) is 0. The Labute approximate surface area is 128 Å². The van der Waals surface area contributed by atoms with Gasteiger partial charge in [0.15, 0.2) is 0 Å². The second-order valence-corrected chi connectivity index (χ2v) is 7.16. The molecule has 20 heavy (non-hydrogen) atoms. The van der Waals surface area contributed by atoms with Crippen LogP contribution < -0.4 is 0 Å². The molecule has 0 aromatic carbocycles. The molecule has 0 amide bonds. The normalized spacial score (nSPS) is 23.8. The van der Waals surface area contributed by atoms with Gasteiger partial charge < -0.3 is 4.74 Å². The van der Waals surface area contributed by atoms with Crippen LogP contribution >= 0.6 is 11.6 Å². The number of carbonyl (C=O) groups excluding carboxylic acids is 1. The third-order valence-electron chi connectivity index (χ3n) is 4.84. The molecular weight excluding hydrogens is 272 g/mol. The molecule has 2 nitrogen and oxygen atoms in total. The van der Waals surface area contributed by atoms with Gasteiger partial charge in [0.1, 0.15) is 12.0 Å². The number of carbonyl (C=O) groups is 1. The number of allylic oxidation sites excluding steroid dienone is 3. The SMILES string of the molecule is CC1=CC[C@@H](/C=C/C(C)(C)[C@H](C)OC(=O)CCl)C1(C)C. The number of hydrogen-bond acceptors (Lipinski definition) is 2. The molecule has 0 aromatic rings. The Balaban J connectivity index is 2.71. The van der Waals surface area contributed by atoms with Gasteiger partial charge in [0.05, 0.1) is 0 Å². The van der Waals surface area contributed by atoms with E-state index in [0.29, 0.717) is 5.92 Å². The molecular formula is C17H27ClO2. The monoisotopic (exact) mass is 298 g/mol. The summed E-state index contributed by atoms with van der Waals surface area (Å²) in [4.78, 5) is 11.3. The summed E-state index contributed by atoms with van der Waals surface area (Å²) < 4.78 is 5.32. The van der Waals surface area contributed by atoms with Crippen molar-refractivity contribution in [1.29, 1.82) is 0 Å². The molecule has 0 saturated heterocycles. The van der Waals surface area contributed by atoms with Gasteiger partial charge in [-0.15, -0.1) is 11.6 Å². The summed E-state index contributed by atoms with van der Waals surface area (Å²) in [6.07, 6.45) is 7.67. The van der Waals surface area contributed by atoms with Gasteiger partial charge in [0.2, 0.25) is 0 Å². The zero-order valence-electron chi connectivity index (χ0n) is 13.5. The lowest BCUT2D eigenvalue weighted by Crippen LogP contribution is -2.30. The number of alkyl halides is 1. The van der Waals surface area contributed by atoms with Crippen LogP contribution in [0.2, 0.25) is 0 Å². The van der Waals surface area contributed by atoms with Crippen molar-refractivity contribution >= 4 is 17.6 Å². The molecule has 0 aromatic heterocycles. The highest BCUT2D eigenvalue weighted by Crippen LogP contribution is 2.44. The van der Waals surface area contributed by atoms with Gasteiger partial charge in [-0.05, 0) is 31.6 Å². The van der Waals surface area contributed by atoms with E-state index in [1.165, 1.54) is 5.57 Å². The van der Waals surface area contributed by atoms with Crippen molar-refractivity contribution < 1.29 is 9.53 Å². The first kappa shape index (κ1) is 17.3. The largest absolute Gasteiger partial charge is 0.461 e. The Bertz CT molecular complexity index is 419. The molecule has 0 bridgehead atoms. The molecule has 0 unspecified atom stereocenters. The van der Waals surface area contributed by atoms with Crippen molar-refractivity contribution in [2.45, 2.75) is 54.1 Å². The van der Waals surface area contributed by atoms with Crippen LogP contribution in [0.3, 0.4) is 0 Å². The van der Waals surface area contributed by atoms with Crippen molar-refractivity contribution in [3.05, 3.63) is 23.8 Å². The fourth-order valence-electron chi connectivity index (χ4n) is 2.35. The quantitative estimate of drug-likeness (QED) is 0.416. The summed E-state index contributed by atoms with van der Waals surface area (Å²) in [6.45, 7) is 12.8. The van der Waals surface area contributed by atoms with Crippen LogP contribution in [0.5, 0.6) is 0 Å². The van der Waals surface area contributed by atoms with Crippen molar-refractivity contribution in [3.8, 4) is 0 Å². The number of halogens is 1. The van der Waals surface area contributed by atoms with E-state index in [2.05, 4.69) is 52.8 Å². The molecule has 1 aliphatic carbocycles. The first-order valence-electron chi connectivity index (χ1n) is 7.23. The minimum atomic E-state index is -0.362. The lowest BCUT2D eigenvalue weighted by Gasteiger charge is -2.31. The van der Waals surface area contributed by atoms with E-state index in [1.807, 2.05) is 6.92 Å². The average Bonchev–Trinajstić information content (AvgIpc) is 2.61. The van der Waals surface area contributed by atoms with Crippen LogP contribution in [0, 0.1) is 16.7 Å². The van der Waals surface area contributed by atoms with Gasteiger partial charge in [-0.25, -0.2) is 0 Å². The summed E-state index contributed by atoms with van der Waals surface area (Å²) in [5.41, 5.74) is 1.46. The van der Waals surface area contributed by atoms with Gasteiger partial charge in [-0.3, -0.25) is 4.79 Å². The maximum absolute atomic E-state index is 11.3. The van der Waals surface area contributed by atoms with Gasteiger partial charge in [0, 0.05) is 5.41 Å². The molecule has 0 aliphatic heterocycles. The Kier molecular flexibility index (Phi) is 5.48. The summed E-state index contributed by atoms with van der Waals surface area (Å²) >= 11 is 5.48. The second-order valence-electron chi connectivity index (χ2n) is 6.90. The number of hydrogen-bond donors (Lipinski definition) is 0. The first-order valence-corrected chi connectivity index (χ1v) is 7.76. The molecule has 0 fully saturated rings. The Morgan fingerprint density at radius 2 is 2.20 bits per heavy atom. The lowest BCUT2D eigenvalue weighted by molar-refractivity contribution is -0.149. The average molecular weight is 299 g/mol. The van der Waals surface area contributed by atoms with Gasteiger partial charge in [-0.1, -0.05) is 51.5 Å². The topological polar surface area (TPSA) is 26.3 Å². The van der Waals surface area contributed by atoms with Crippen molar-refractivity contribution in [2.75, 3.05) is 5.88 Å². The third kappa shape index (κ3) is 3.88. The Morgan fingerprint density at radius 1 is 1.60 bits per heavy atom. The lowest BCUT2D eigenvalue weighted by atomic mass is 9.76. The highest BCUT2D eigenvalue weighted by atomic mass is 35.5. The highest BCUT2D eigenvalue weighted by Gasteiger charge is 2.34.